The molecule has 0 saturated heterocycles. The molecule has 1 aromatic carbocycles. The first-order chi connectivity index (χ1) is 7.56. The van der Waals surface area contributed by atoms with Gasteiger partial charge >= 0.3 is 0 Å². The van der Waals surface area contributed by atoms with Crippen LogP contribution in [-0.2, 0) is 6.54 Å². The lowest BCUT2D eigenvalue weighted by Gasteiger charge is -2.26. The van der Waals surface area contributed by atoms with Crippen molar-refractivity contribution < 1.29 is 5.11 Å². The number of rotatable bonds is 5. The Balaban J connectivity index is 2.81. The molecule has 0 spiro atoms. The van der Waals surface area contributed by atoms with Gasteiger partial charge in [-0.25, -0.2) is 0 Å². The first-order valence-corrected chi connectivity index (χ1v) is 6.14. The summed E-state index contributed by atoms with van der Waals surface area (Å²) in [5.41, 5.74) is 0.898. The van der Waals surface area contributed by atoms with Crippen LogP contribution in [0, 0.1) is 0 Å². The van der Waals surface area contributed by atoms with Crippen LogP contribution in [0.4, 0.5) is 0 Å². The predicted molar refractivity (Wildman–Crippen MR) is 69.0 cm³/mol. The molecule has 0 aliphatic rings. The van der Waals surface area contributed by atoms with E-state index in [1.165, 1.54) is 0 Å². The molecule has 0 aliphatic carbocycles. The quantitative estimate of drug-likeness (QED) is 0.851. The third-order valence-corrected chi connectivity index (χ3v) is 2.99. The van der Waals surface area contributed by atoms with Gasteiger partial charge in [0.15, 0.2) is 0 Å². The van der Waals surface area contributed by atoms with Crippen molar-refractivity contribution in [1.82, 2.24) is 4.90 Å². The van der Waals surface area contributed by atoms with Gasteiger partial charge in [0.2, 0.25) is 0 Å². The minimum atomic E-state index is 0.214. The van der Waals surface area contributed by atoms with Crippen molar-refractivity contribution >= 4 is 11.6 Å². The Kier molecular flexibility index (Phi) is 5.10. The van der Waals surface area contributed by atoms with Crippen molar-refractivity contribution in [2.75, 3.05) is 6.54 Å². The zero-order valence-corrected chi connectivity index (χ0v) is 11.0. The van der Waals surface area contributed by atoms with E-state index in [9.17, 15) is 5.11 Å². The highest BCUT2D eigenvalue weighted by Crippen LogP contribution is 2.28. The second-order valence-corrected chi connectivity index (χ2v) is 4.72. The zero-order valence-electron chi connectivity index (χ0n) is 10.2. The molecule has 1 N–H and O–H groups in total. The second-order valence-electron chi connectivity index (χ2n) is 4.31. The number of phenolic OH excluding ortho intramolecular Hbond substituents is 1. The first kappa shape index (κ1) is 13.3. The van der Waals surface area contributed by atoms with Crippen LogP contribution >= 0.6 is 11.6 Å². The first-order valence-electron chi connectivity index (χ1n) is 5.76. The molecule has 0 heterocycles. The standard InChI is InChI=1S/C13H20ClNO/c1-4-8-15(10(2)3)9-11-6-5-7-12(14)13(11)16/h5-7,10,16H,4,8-9H2,1-3H3. The lowest BCUT2D eigenvalue weighted by atomic mass is 10.1. The number of para-hydroxylation sites is 1. The second kappa shape index (κ2) is 6.12. The summed E-state index contributed by atoms with van der Waals surface area (Å²) in [7, 11) is 0. The van der Waals surface area contributed by atoms with Crippen LogP contribution in [-0.4, -0.2) is 22.6 Å². The van der Waals surface area contributed by atoms with Gasteiger partial charge in [0.1, 0.15) is 5.75 Å². The highest BCUT2D eigenvalue weighted by Gasteiger charge is 2.12. The summed E-state index contributed by atoms with van der Waals surface area (Å²) < 4.78 is 0. The van der Waals surface area contributed by atoms with Gasteiger partial charge in [-0.3, -0.25) is 4.90 Å². The van der Waals surface area contributed by atoms with E-state index in [4.69, 9.17) is 11.6 Å². The van der Waals surface area contributed by atoms with Crippen molar-refractivity contribution in [2.24, 2.45) is 0 Å². The van der Waals surface area contributed by atoms with Crippen LogP contribution in [0.5, 0.6) is 5.75 Å². The average molecular weight is 242 g/mol. The summed E-state index contributed by atoms with van der Waals surface area (Å²) in [6, 6.07) is 5.98. The van der Waals surface area contributed by atoms with Crippen LogP contribution in [0.3, 0.4) is 0 Å². The Morgan fingerprint density at radius 1 is 1.38 bits per heavy atom. The topological polar surface area (TPSA) is 23.5 Å². The van der Waals surface area contributed by atoms with Gasteiger partial charge in [-0.15, -0.1) is 0 Å². The van der Waals surface area contributed by atoms with Gasteiger partial charge in [0, 0.05) is 18.2 Å². The van der Waals surface area contributed by atoms with E-state index >= 15 is 0 Å². The summed E-state index contributed by atoms with van der Waals surface area (Å²) in [5.74, 6) is 0.214. The number of halogens is 1. The number of hydrogen-bond acceptors (Lipinski definition) is 2. The fraction of sp³-hybridized carbons (Fsp3) is 0.538. The van der Waals surface area contributed by atoms with Crippen LogP contribution in [0.1, 0.15) is 32.8 Å². The third-order valence-electron chi connectivity index (χ3n) is 2.68. The van der Waals surface area contributed by atoms with E-state index in [-0.39, 0.29) is 5.75 Å². The molecule has 0 saturated carbocycles. The summed E-state index contributed by atoms with van der Waals surface area (Å²) in [4.78, 5) is 2.32. The molecule has 0 fully saturated rings. The number of benzene rings is 1. The Hall–Kier alpha value is -0.730. The number of nitrogens with zero attached hydrogens (tertiary/aromatic N) is 1. The lowest BCUT2D eigenvalue weighted by molar-refractivity contribution is 0.211. The maximum absolute atomic E-state index is 9.84. The molecule has 0 bridgehead atoms. The molecule has 0 aliphatic heterocycles. The van der Waals surface area contributed by atoms with Crippen LogP contribution in [0.25, 0.3) is 0 Å². The van der Waals surface area contributed by atoms with Crippen molar-refractivity contribution in [2.45, 2.75) is 39.8 Å². The Morgan fingerprint density at radius 3 is 2.62 bits per heavy atom. The minimum Gasteiger partial charge on any atom is -0.506 e. The van der Waals surface area contributed by atoms with Crippen molar-refractivity contribution in [3.8, 4) is 5.75 Å². The normalized spacial score (nSPS) is 11.4. The average Bonchev–Trinajstić information content (AvgIpc) is 2.23. The number of aromatic hydroxyl groups is 1. The summed E-state index contributed by atoms with van der Waals surface area (Å²) >= 11 is 5.89. The molecule has 2 nitrogen and oxygen atoms in total. The molecule has 1 aromatic rings. The van der Waals surface area contributed by atoms with Crippen molar-refractivity contribution in [1.29, 1.82) is 0 Å². The lowest BCUT2D eigenvalue weighted by Crippen LogP contribution is -2.31. The number of hydrogen-bond donors (Lipinski definition) is 1. The van der Waals surface area contributed by atoms with Gasteiger partial charge in [-0.1, -0.05) is 30.7 Å². The highest BCUT2D eigenvalue weighted by atomic mass is 35.5. The van der Waals surface area contributed by atoms with Crippen LogP contribution < -0.4 is 0 Å². The Bertz CT molecular complexity index is 339. The SMILES string of the molecule is CCCN(Cc1cccc(Cl)c1O)C(C)C. The van der Waals surface area contributed by atoms with E-state index < -0.39 is 0 Å². The largest absolute Gasteiger partial charge is 0.506 e. The molecule has 0 amide bonds. The van der Waals surface area contributed by atoms with Crippen LogP contribution in [0.15, 0.2) is 18.2 Å². The molecular formula is C13H20ClNO. The molecule has 16 heavy (non-hydrogen) atoms. The molecule has 1 rings (SSSR count). The van der Waals surface area contributed by atoms with Crippen molar-refractivity contribution in [3.05, 3.63) is 28.8 Å². The molecule has 0 aromatic heterocycles. The van der Waals surface area contributed by atoms with Gasteiger partial charge < -0.3 is 5.11 Å². The third kappa shape index (κ3) is 3.39. The van der Waals surface area contributed by atoms with E-state index in [0.29, 0.717) is 11.1 Å². The maximum Gasteiger partial charge on any atom is 0.138 e. The fourth-order valence-electron chi connectivity index (χ4n) is 1.71. The molecule has 0 atom stereocenters. The smallest absolute Gasteiger partial charge is 0.138 e. The summed E-state index contributed by atoms with van der Waals surface area (Å²) in [5, 5.41) is 10.3. The Morgan fingerprint density at radius 2 is 2.06 bits per heavy atom. The van der Waals surface area contributed by atoms with E-state index in [2.05, 4.69) is 25.7 Å². The minimum absolute atomic E-state index is 0.214. The number of phenols is 1. The highest BCUT2D eigenvalue weighted by molar-refractivity contribution is 6.32. The summed E-state index contributed by atoms with van der Waals surface area (Å²) in [6.45, 7) is 8.27. The van der Waals surface area contributed by atoms with Crippen LogP contribution in [0.2, 0.25) is 5.02 Å². The Labute approximate surface area is 103 Å². The molecular weight excluding hydrogens is 222 g/mol. The summed E-state index contributed by atoms with van der Waals surface area (Å²) in [6.07, 6.45) is 1.11. The van der Waals surface area contributed by atoms with Gasteiger partial charge in [-0.05, 0) is 32.9 Å². The maximum atomic E-state index is 9.84. The molecule has 90 valence electrons. The zero-order chi connectivity index (χ0) is 12.1. The monoisotopic (exact) mass is 241 g/mol. The molecule has 0 unspecified atom stereocenters. The van der Waals surface area contributed by atoms with Gasteiger partial charge in [0.25, 0.3) is 0 Å². The van der Waals surface area contributed by atoms with E-state index in [1.807, 2.05) is 12.1 Å². The van der Waals surface area contributed by atoms with Gasteiger partial charge in [0.05, 0.1) is 5.02 Å². The fourth-order valence-corrected chi connectivity index (χ4v) is 1.91. The van der Waals surface area contributed by atoms with Crippen molar-refractivity contribution in [3.63, 3.8) is 0 Å². The van der Waals surface area contributed by atoms with Gasteiger partial charge in [-0.2, -0.15) is 0 Å². The predicted octanol–water partition coefficient (Wildman–Crippen LogP) is 3.67. The van der Waals surface area contributed by atoms with E-state index in [0.717, 1.165) is 25.1 Å². The molecule has 3 heteroatoms. The van der Waals surface area contributed by atoms with E-state index in [1.54, 1.807) is 6.07 Å². The molecule has 0 radical (unpaired) electrons.